The Hall–Kier alpha value is -3.55. The van der Waals surface area contributed by atoms with Crippen molar-refractivity contribution in [2.75, 3.05) is 7.11 Å². The summed E-state index contributed by atoms with van der Waals surface area (Å²) in [4.78, 5) is 52.7. The molecule has 0 unspecified atom stereocenters. The van der Waals surface area contributed by atoms with Crippen molar-refractivity contribution in [1.29, 1.82) is 0 Å². The van der Waals surface area contributed by atoms with E-state index in [-0.39, 0.29) is 22.3 Å². The predicted octanol–water partition coefficient (Wildman–Crippen LogP) is 1.98. The minimum atomic E-state index is -1.17. The number of hydrogen-bond donors (Lipinski definition) is 0. The number of hydroxylamine groups is 2. The second-order valence-electron chi connectivity index (χ2n) is 5.05. The summed E-state index contributed by atoms with van der Waals surface area (Å²) >= 11 is 0. The molecule has 0 saturated heterocycles. The monoisotopic (exact) mass is 343 g/mol. The molecule has 0 saturated carbocycles. The van der Waals surface area contributed by atoms with Gasteiger partial charge >= 0.3 is 11.9 Å². The van der Waals surface area contributed by atoms with Crippen LogP contribution in [0.15, 0.2) is 42.5 Å². The molecule has 0 fully saturated rings. The number of esters is 1. The molecule has 8 heteroatoms. The van der Waals surface area contributed by atoms with Crippen molar-refractivity contribution in [3.05, 3.63) is 70.5 Å². The number of amides is 2. The van der Waals surface area contributed by atoms with Gasteiger partial charge in [-0.25, -0.2) is 14.0 Å². The Morgan fingerprint density at radius 3 is 1.96 bits per heavy atom. The SMILES string of the molecule is COC(=O)c1cc(F)cc(C(=O)ON2C(=O)c3ccccc3C2=O)c1. The molecule has 1 aliphatic rings. The summed E-state index contributed by atoms with van der Waals surface area (Å²) in [7, 11) is 1.10. The molecule has 126 valence electrons. The summed E-state index contributed by atoms with van der Waals surface area (Å²) in [5.41, 5.74) is -0.377. The highest BCUT2D eigenvalue weighted by Crippen LogP contribution is 2.23. The van der Waals surface area contributed by atoms with Crippen LogP contribution < -0.4 is 0 Å². The smallest absolute Gasteiger partial charge is 0.364 e. The van der Waals surface area contributed by atoms with Crippen molar-refractivity contribution >= 4 is 23.8 Å². The Morgan fingerprint density at radius 2 is 1.44 bits per heavy atom. The van der Waals surface area contributed by atoms with Crippen LogP contribution in [0.1, 0.15) is 41.4 Å². The van der Waals surface area contributed by atoms with Crippen molar-refractivity contribution < 1.29 is 33.1 Å². The first kappa shape index (κ1) is 16.3. The molecule has 0 aromatic heterocycles. The van der Waals surface area contributed by atoms with E-state index in [1.54, 1.807) is 12.1 Å². The summed E-state index contributed by atoms with van der Waals surface area (Å²) in [5.74, 6) is -4.51. The van der Waals surface area contributed by atoms with E-state index < -0.39 is 29.6 Å². The number of rotatable bonds is 3. The molecule has 2 amide bonds. The van der Waals surface area contributed by atoms with Gasteiger partial charge in [-0.2, -0.15) is 0 Å². The largest absolute Gasteiger partial charge is 0.465 e. The molecule has 0 bridgehead atoms. The third-order valence-electron chi connectivity index (χ3n) is 3.49. The Kier molecular flexibility index (Phi) is 4.02. The van der Waals surface area contributed by atoms with Crippen LogP contribution in [0.4, 0.5) is 4.39 Å². The fraction of sp³-hybridized carbons (Fsp3) is 0.0588. The molecule has 0 spiro atoms. The van der Waals surface area contributed by atoms with Crippen LogP contribution >= 0.6 is 0 Å². The molecule has 25 heavy (non-hydrogen) atoms. The quantitative estimate of drug-likeness (QED) is 0.625. The summed E-state index contributed by atoms with van der Waals surface area (Å²) in [6, 6.07) is 8.68. The van der Waals surface area contributed by atoms with Gasteiger partial charge in [0.15, 0.2) is 0 Å². The molecule has 3 rings (SSSR count). The van der Waals surface area contributed by atoms with Crippen molar-refractivity contribution in [3.8, 4) is 0 Å². The molecule has 1 aliphatic heterocycles. The topological polar surface area (TPSA) is 90.0 Å². The standard InChI is InChI=1S/C17H10FNO6/c1-24-16(22)9-6-10(8-11(18)7-9)17(23)25-19-14(20)12-4-2-3-5-13(12)15(19)21/h2-8H,1H3. The van der Waals surface area contributed by atoms with E-state index in [0.29, 0.717) is 5.06 Å². The van der Waals surface area contributed by atoms with Crippen LogP contribution in [-0.4, -0.2) is 35.9 Å². The molecule has 2 aromatic rings. The third-order valence-corrected chi connectivity index (χ3v) is 3.49. The van der Waals surface area contributed by atoms with Gasteiger partial charge in [0.05, 0.1) is 29.4 Å². The first-order valence-electron chi connectivity index (χ1n) is 7.01. The van der Waals surface area contributed by atoms with E-state index in [1.807, 2.05) is 0 Å². The molecule has 7 nitrogen and oxygen atoms in total. The fourth-order valence-corrected chi connectivity index (χ4v) is 2.33. The number of halogens is 1. The van der Waals surface area contributed by atoms with E-state index in [2.05, 4.69) is 4.74 Å². The number of benzene rings is 2. The molecule has 0 N–H and O–H groups in total. The molecule has 0 radical (unpaired) electrons. The van der Waals surface area contributed by atoms with Crippen molar-refractivity contribution in [1.82, 2.24) is 5.06 Å². The van der Waals surface area contributed by atoms with Gasteiger partial charge in [-0.1, -0.05) is 17.2 Å². The van der Waals surface area contributed by atoms with Crippen LogP contribution in [0.3, 0.4) is 0 Å². The van der Waals surface area contributed by atoms with E-state index in [1.165, 1.54) is 12.1 Å². The number of methoxy groups -OCH3 is 1. The minimum absolute atomic E-state index is 0.0924. The number of ether oxygens (including phenoxy) is 1. The maximum atomic E-state index is 13.6. The lowest BCUT2D eigenvalue weighted by atomic mass is 10.1. The summed E-state index contributed by atoms with van der Waals surface area (Å²) in [5, 5.41) is 0.301. The van der Waals surface area contributed by atoms with Crippen LogP contribution in [-0.2, 0) is 9.57 Å². The maximum Gasteiger partial charge on any atom is 0.364 e. The van der Waals surface area contributed by atoms with Crippen molar-refractivity contribution in [2.45, 2.75) is 0 Å². The van der Waals surface area contributed by atoms with E-state index in [4.69, 9.17) is 4.84 Å². The summed E-state index contributed by atoms with van der Waals surface area (Å²) < 4.78 is 18.1. The van der Waals surface area contributed by atoms with Crippen LogP contribution in [0.25, 0.3) is 0 Å². The first-order valence-corrected chi connectivity index (χ1v) is 7.01. The van der Waals surface area contributed by atoms with Crippen LogP contribution in [0, 0.1) is 5.82 Å². The predicted molar refractivity (Wildman–Crippen MR) is 80.1 cm³/mol. The summed E-state index contributed by atoms with van der Waals surface area (Å²) in [6.45, 7) is 0. The van der Waals surface area contributed by atoms with Gasteiger partial charge in [-0.05, 0) is 30.3 Å². The minimum Gasteiger partial charge on any atom is -0.465 e. The Labute approximate surface area is 140 Å². The summed E-state index contributed by atoms with van der Waals surface area (Å²) in [6.07, 6.45) is 0. The van der Waals surface area contributed by atoms with Gasteiger partial charge < -0.3 is 9.57 Å². The maximum absolute atomic E-state index is 13.6. The number of hydrogen-bond acceptors (Lipinski definition) is 6. The zero-order valence-corrected chi connectivity index (χ0v) is 12.8. The van der Waals surface area contributed by atoms with Crippen LogP contribution in [0.5, 0.6) is 0 Å². The van der Waals surface area contributed by atoms with Crippen molar-refractivity contribution in [2.24, 2.45) is 0 Å². The lowest BCUT2D eigenvalue weighted by Gasteiger charge is -2.13. The molecule has 0 aliphatic carbocycles. The average molecular weight is 343 g/mol. The van der Waals surface area contributed by atoms with E-state index in [0.717, 1.165) is 25.3 Å². The van der Waals surface area contributed by atoms with Gasteiger partial charge in [0.1, 0.15) is 5.82 Å². The van der Waals surface area contributed by atoms with Gasteiger partial charge in [-0.3, -0.25) is 9.59 Å². The molecular formula is C17H10FNO6. The number of fused-ring (bicyclic) bond motifs is 1. The van der Waals surface area contributed by atoms with Gasteiger partial charge in [0.25, 0.3) is 11.8 Å². The highest BCUT2D eigenvalue weighted by Gasteiger charge is 2.38. The number of nitrogens with zero attached hydrogens (tertiary/aromatic N) is 1. The third kappa shape index (κ3) is 2.85. The van der Waals surface area contributed by atoms with E-state index in [9.17, 15) is 23.6 Å². The zero-order valence-electron chi connectivity index (χ0n) is 12.8. The normalized spacial score (nSPS) is 12.8. The second-order valence-corrected chi connectivity index (χ2v) is 5.05. The van der Waals surface area contributed by atoms with E-state index >= 15 is 0 Å². The van der Waals surface area contributed by atoms with Gasteiger partial charge in [0.2, 0.25) is 0 Å². The fourth-order valence-electron chi connectivity index (χ4n) is 2.33. The van der Waals surface area contributed by atoms with Gasteiger partial charge in [0, 0.05) is 0 Å². The highest BCUT2D eigenvalue weighted by atomic mass is 19.1. The lowest BCUT2D eigenvalue weighted by Crippen LogP contribution is -2.32. The van der Waals surface area contributed by atoms with Crippen molar-refractivity contribution in [3.63, 3.8) is 0 Å². The molecule has 0 atom stereocenters. The number of carbonyl (C=O) groups excluding carboxylic acids is 4. The lowest BCUT2D eigenvalue weighted by molar-refractivity contribution is -0.0584. The second kappa shape index (κ2) is 6.16. The zero-order chi connectivity index (χ0) is 18.1. The Morgan fingerprint density at radius 1 is 0.920 bits per heavy atom. The highest BCUT2D eigenvalue weighted by molar-refractivity contribution is 6.21. The first-order chi connectivity index (χ1) is 11.9. The Balaban J connectivity index is 1.87. The number of carbonyl (C=O) groups is 4. The average Bonchev–Trinajstić information content (AvgIpc) is 2.85. The van der Waals surface area contributed by atoms with Crippen LogP contribution in [0.2, 0.25) is 0 Å². The Bertz CT molecular complexity index is 888. The molecular weight excluding hydrogens is 333 g/mol. The van der Waals surface area contributed by atoms with Gasteiger partial charge in [-0.15, -0.1) is 0 Å². The molecule has 2 aromatic carbocycles. The molecule has 1 heterocycles. The number of imide groups is 1.